The number of carbonyl (C=O) groups is 1. The Labute approximate surface area is 169 Å². The largest absolute Gasteiger partial charge is 0.497 e. The van der Waals surface area contributed by atoms with E-state index in [9.17, 15) is 4.79 Å². The molecule has 1 fully saturated rings. The molecule has 0 aliphatic carbocycles. The molecule has 1 N–H and O–H groups in total. The molecule has 6 heteroatoms. The van der Waals surface area contributed by atoms with Crippen LogP contribution in [0.3, 0.4) is 0 Å². The fourth-order valence-corrected chi connectivity index (χ4v) is 3.56. The molecule has 2 aromatic carbocycles. The van der Waals surface area contributed by atoms with E-state index in [0.29, 0.717) is 6.54 Å². The lowest BCUT2D eigenvalue weighted by Gasteiger charge is -2.36. The second kappa shape index (κ2) is 9.24. The molecule has 1 aliphatic rings. The van der Waals surface area contributed by atoms with Crippen molar-refractivity contribution in [2.75, 3.05) is 44.7 Å². The second-order valence-electron chi connectivity index (χ2n) is 6.81. The van der Waals surface area contributed by atoms with Crippen LogP contribution in [0.4, 0.5) is 5.69 Å². The molecule has 1 amide bonds. The Morgan fingerprint density at radius 3 is 2.52 bits per heavy atom. The topological polar surface area (TPSA) is 44.8 Å². The summed E-state index contributed by atoms with van der Waals surface area (Å²) in [6.07, 6.45) is 0. The number of methoxy groups -OCH3 is 1. The maximum absolute atomic E-state index is 12.4. The first kappa shape index (κ1) is 19.7. The van der Waals surface area contributed by atoms with E-state index in [-0.39, 0.29) is 11.9 Å². The SMILES string of the molecule is COc1cccc(N2CCN(CC(=O)NC(C)c3ccc(Br)cc3)CC2)c1. The Kier molecular flexibility index (Phi) is 6.74. The van der Waals surface area contributed by atoms with Gasteiger partial charge >= 0.3 is 0 Å². The number of nitrogens with zero attached hydrogens (tertiary/aromatic N) is 2. The lowest BCUT2D eigenvalue weighted by molar-refractivity contribution is -0.123. The van der Waals surface area contributed by atoms with E-state index in [1.165, 1.54) is 5.69 Å². The fourth-order valence-electron chi connectivity index (χ4n) is 3.30. The molecular formula is C21H26BrN3O2. The Hall–Kier alpha value is -2.05. The molecule has 144 valence electrons. The fraction of sp³-hybridized carbons (Fsp3) is 0.381. The first-order valence-electron chi connectivity index (χ1n) is 9.21. The summed E-state index contributed by atoms with van der Waals surface area (Å²) >= 11 is 3.44. The molecule has 0 radical (unpaired) electrons. The number of piperazine rings is 1. The first-order valence-corrected chi connectivity index (χ1v) is 10.0. The van der Waals surface area contributed by atoms with Gasteiger partial charge in [-0.1, -0.05) is 34.1 Å². The summed E-state index contributed by atoms with van der Waals surface area (Å²) in [6.45, 7) is 6.01. The molecule has 0 bridgehead atoms. The normalized spacial score (nSPS) is 16.0. The van der Waals surface area contributed by atoms with Gasteiger partial charge in [0.05, 0.1) is 19.7 Å². The number of hydrogen-bond donors (Lipinski definition) is 1. The standard InChI is InChI=1S/C21H26BrN3O2/c1-16(17-6-8-18(22)9-7-17)23-21(26)15-24-10-12-25(13-11-24)19-4-3-5-20(14-19)27-2/h3-9,14,16H,10-13,15H2,1-2H3,(H,23,26). The third kappa shape index (κ3) is 5.47. The van der Waals surface area contributed by atoms with Crippen LogP contribution in [0.1, 0.15) is 18.5 Å². The van der Waals surface area contributed by atoms with Gasteiger partial charge in [0.2, 0.25) is 5.91 Å². The van der Waals surface area contributed by atoms with Crippen LogP contribution in [-0.4, -0.2) is 50.6 Å². The predicted molar refractivity (Wildman–Crippen MR) is 112 cm³/mol. The van der Waals surface area contributed by atoms with Crippen molar-refractivity contribution in [1.82, 2.24) is 10.2 Å². The zero-order valence-electron chi connectivity index (χ0n) is 15.8. The summed E-state index contributed by atoms with van der Waals surface area (Å²) < 4.78 is 6.35. The minimum atomic E-state index is 0.00340. The summed E-state index contributed by atoms with van der Waals surface area (Å²) in [4.78, 5) is 16.9. The van der Waals surface area contributed by atoms with Gasteiger partial charge < -0.3 is 15.0 Å². The number of carbonyl (C=O) groups excluding carboxylic acids is 1. The van der Waals surface area contributed by atoms with Gasteiger partial charge in [0.25, 0.3) is 0 Å². The number of rotatable bonds is 6. The lowest BCUT2D eigenvalue weighted by atomic mass is 10.1. The van der Waals surface area contributed by atoms with Crippen LogP contribution in [0.15, 0.2) is 53.0 Å². The molecule has 1 saturated heterocycles. The van der Waals surface area contributed by atoms with E-state index in [2.05, 4.69) is 43.2 Å². The van der Waals surface area contributed by atoms with Crippen LogP contribution in [0.5, 0.6) is 5.75 Å². The van der Waals surface area contributed by atoms with Gasteiger partial charge in [-0.3, -0.25) is 9.69 Å². The van der Waals surface area contributed by atoms with E-state index in [4.69, 9.17) is 4.74 Å². The van der Waals surface area contributed by atoms with Crippen molar-refractivity contribution in [2.24, 2.45) is 0 Å². The van der Waals surface area contributed by atoms with Crippen molar-refractivity contribution >= 4 is 27.5 Å². The molecule has 0 saturated carbocycles. The highest BCUT2D eigenvalue weighted by Gasteiger charge is 2.20. The number of halogens is 1. The average molecular weight is 432 g/mol. The molecule has 1 atom stereocenters. The van der Waals surface area contributed by atoms with E-state index in [1.54, 1.807) is 7.11 Å². The number of nitrogens with one attached hydrogen (secondary N) is 1. The van der Waals surface area contributed by atoms with Crippen molar-refractivity contribution in [3.05, 3.63) is 58.6 Å². The minimum absolute atomic E-state index is 0.00340. The Morgan fingerprint density at radius 2 is 1.85 bits per heavy atom. The van der Waals surface area contributed by atoms with Crippen LogP contribution < -0.4 is 15.0 Å². The molecule has 1 aliphatic heterocycles. The molecule has 3 rings (SSSR count). The van der Waals surface area contributed by atoms with E-state index in [0.717, 1.165) is 42.0 Å². The molecule has 2 aromatic rings. The highest BCUT2D eigenvalue weighted by atomic mass is 79.9. The van der Waals surface area contributed by atoms with Crippen molar-refractivity contribution in [2.45, 2.75) is 13.0 Å². The molecule has 1 unspecified atom stereocenters. The van der Waals surface area contributed by atoms with E-state index >= 15 is 0 Å². The highest BCUT2D eigenvalue weighted by molar-refractivity contribution is 9.10. The third-order valence-electron chi connectivity index (χ3n) is 4.91. The molecular weight excluding hydrogens is 406 g/mol. The van der Waals surface area contributed by atoms with Crippen molar-refractivity contribution in [3.8, 4) is 5.75 Å². The summed E-state index contributed by atoms with van der Waals surface area (Å²) in [7, 11) is 1.69. The third-order valence-corrected chi connectivity index (χ3v) is 5.43. The van der Waals surface area contributed by atoms with Gasteiger partial charge in [-0.05, 0) is 36.8 Å². The molecule has 27 heavy (non-hydrogen) atoms. The maximum atomic E-state index is 12.4. The molecule has 0 spiro atoms. The van der Waals surface area contributed by atoms with Gasteiger partial charge in [-0.15, -0.1) is 0 Å². The maximum Gasteiger partial charge on any atom is 0.234 e. The lowest BCUT2D eigenvalue weighted by Crippen LogP contribution is -2.49. The zero-order chi connectivity index (χ0) is 19.2. The molecule has 5 nitrogen and oxygen atoms in total. The number of ether oxygens (including phenoxy) is 1. The van der Waals surface area contributed by atoms with Crippen LogP contribution in [0.2, 0.25) is 0 Å². The van der Waals surface area contributed by atoms with Crippen molar-refractivity contribution in [3.63, 3.8) is 0 Å². The van der Waals surface area contributed by atoms with E-state index in [1.807, 2.05) is 43.3 Å². The minimum Gasteiger partial charge on any atom is -0.497 e. The highest BCUT2D eigenvalue weighted by Crippen LogP contribution is 2.22. The second-order valence-corrected chi connectivity index (χ2v) is 7.72. The van der Waals surface area contributed by atoms with Gasteiger partial charge in [-0.25, -0.2) is 0 Å². The molecule has 1 heterocycles. The summed E-state index contributed by atoms with van der Waals surface area (Å²) in [6, 6.07) is 16.2. The first-order chi connectivity index (χ1) is 13.0. The van der Waals surface area contributed by atoms with E-state index < -0.39 is 0 Å². The summed E-state index contributed by atoms with van der Waals surface area (Å²) in [5.41, 5.74) is 2.27. The number of benzene rings is 2. The summed E-state index contributed by atoms with van der Waals surface area (Å²) in [5.74, 6) is 0.941. The van der Waals surface area contributed by atoms with Gasteiger partial charge in [0.15, 0.2) is 0 Å². The van der Waals surface area contributed by atoms with Crippen LogP contribution in [-0.2, 0) is 4.79 Å². The number of amides is 1. The van der Waals surface area contributed by atoms with Gasteiger partial charge in [-0.2, -0.15) is 0 Å². The Bertz CT molecular complexity index is 758. The van der Waals surface area contributed by atoms with Crippen LogP contribution in [0.25, 0.3) is 0 Å². The Balaban J connectivity index is 1.47. The number of anilines is 1. The quantitative estimate of drug-likeness (QED) is 0.760. The average Bonchev–Trinajstić information content (AvgIpc) is 2.69. The number of hydrogen-bond acceptors (Lipinski definition) is 4. The van der Waals surface area contributed by atoms with Crippen molar-refractivity contribution < 1.29 is 9.53 Å². The van der Waals surface area contributed by atoms with Gasteiger partial charge in [0, 0.05) is 42.4 Å². The molecule has 0 aromatic heterocycles. The Morgan fingerprint density at radius 1 is 1.15 bits per heavy atom. The predicted octanol–water partition coefficient (Wildman–Crippen LogP) is 3.46. The van der Waals surface area contributed by atoms with Gasteiger partial charge in [0.1, 0.15) is 5.75 Å². The monoisotopic (exact) mass is 431 g/mol. The van der Waals surface area contributed by atoms with Crippen molar-refractivity contribution in [1.29, 1.82) is 0 Å². The zero-order valence-corrected chi connectivity index (χ0v) is 17.4. The van der Waals surface area contributed by atoms with Crippen LogP contribution >= 0.6 is 15.9 Å². The van der Waals surface area contributed by atoms with Crippen LogP contribution in [0, 0.1) is 0 Å². The summed E-state index contributed by atoms with van der Waals surface area (Å²) in [5, 5.41) is 3.09. The smallest absolute Gasteiger partial charge is 0.234 e.